The number of likely N-dealkylation sites (N-methyl/N-ethyl adjacent to an activating group) is 1. The van der Waals surface area contributed by atoms with Gasteiger partial charge in [0.2, 0.25) is 10.0 Å². The lowest BCUT2D eigenvalue weighted by molar-refractivity contribution is 0.0172. The molecule has 2 aliphatic rings. The largest absolute Gasteiger partial charge is 0.497 e. The summed E-state index contributed by atoms with van der Waals surface area (Å²) in [6, 6.07) is 11.1. The third-order valence-corrected chi connectivity index (χ3v) is 7.67. The first-order valence-electron chi connectivity index (χ1n) is 10.8. The third-order valence-electron chi connectivity index (χ3n) is 6.23. The molecule has 2 heterocycles. The number of rotatable bonds is 8. The maximum absolute atomic E-state index is 13.2. The predicted molar refractivity (Wildman–Crippen MR) is 123 cm³/mol. The summed E-state index contributed by atoms with van der Waals surface area (Å²) in [5.74, 6) is 0.737. The van der Waals surface area contributed by atoms with Gasteiger partial charge in [0, 0.05) is 51.0 Å². The minimum atomic E-state index is -3.82. The van der Waals surface area contributed by atoms with E-state index in [4.69, 9.17) is 14.2 Å². The lowest BCUT2D eigenvalue weighted by Gasteiger charge is -2.35. The molecular formula is C23H31N3O5S. The molecule has 1 saturated heterocycles. The summed E-state index contributed by atoms with van der Waals surface area (Å²) in [5.41, 5.74) is 3.66. The number of nitrogens with zero attached hydrogens (tertiary/aromatic N) is 2. The minimum absolute atomic E-state index is 0.0654. The molecule has 0 aliphatic carbocycles. The Balaban J connectivity index is 1.61. The summed E-state index contributed by atoms with van der Waals surface area (Å²) < 4.78 is 45.3. The van der Waals surface area contributed by atoms with E-state index in [1.165, 1.54) is 31.5 Å². The first-order valence-corrected chi connectivity index (χ1v) is 12.3. The Morgan fingerprint density at radius 2 is 1.84 bits per heavy atom. The minimum Gasteiger partial charge on any atom is -0.497 e. The average molecular weight is 462 g/mol. The molecule has 0 aromatic heterocycles. The molecule has 174 valence electrons. The highest BCUT2D eigenvalue weighted by Crippen LogP contribution is 2.32. The van der Waals surface area contributed by atoms with Gasteiger partial charge >= 0.3 is 0 Å². The van der Waals surface area contributed by atoms with Crippen LogP contribution < -0.4 is 19.1 Å². The van der Waals surface area contributed by atoms with E-state index in [0.717, 1.165) is 31.6 Å². The average Bonchev–Trinajstić information content (AvgIpc) is 3.19. The van der Waals surface area contributed by atoms with Gasteiger partial charge in [-0.3, -0.25) is 4.90 Å². The molecule has 0 radical (unpaired) electrons. The molecule has 32 heavy (non-hydrogen) atoms. The lowest BCUT2D eigenvalue weighted by Crippen LogP contribution is -2.43. The van der Waals surface area contributed by atoms with Crippen LogP contribution in [0.2, 0.25) is 0 Å². The van der Waals surface area contributed by atoms with Crippen LogP contribution >= 0.6 is 0 Å². The molecule has 8 nitrogen and oxygen atoms in total. The fourth-order valence-corrected chi connectivity index (χ4v) is 5.62. The summed E-state index contributed by atoms with van der Waals surface area (Å²) >= 11 is 0. The van der Waals surface area contributed by atoms with Crippen molar-refractivity contribution in [2.24, 2.45) is 0 Å². The smallest absolute Gasteiger partial charge is 0.244 e. The monoisotopic (exact) mass is 461 g/mol. The molecule has 9 heteroatoms. The van der Waals surface area contributed by atoms with Crippen LogP contribution in [0.25, 0.3) is 0 Å². The summed E-state index contributed by atoms with van der Waals surface area (Å²) in [7, 11) is 1.24. The molecule has 2 aromatic rings. The van der Waals surface area contributed by atoms with Gasteiger partial charge in [0.25, 0.3) is 0 Å². The van der Waals surface area contributed by atoms with Crippen LogP contribution in [0.4, 0.5) is 5.69 Å². The zero-order valence-corrected chi connectivity index (χ0v) is 19.7. The molecule has 0 bridgehead atoms. The van der Waals surface area contributed by atoms with Crippen LogP contribution in [0.5, 0.6) is 11.5 Å². The van der Waals surface area contributed by atoms with E-state index < -0.39 is 10.0 Å². The van der Waals surface area contributed by atoms with Crippen molar-refractivity contribution < 1.29 is 22.6 Å². The van der Waals surface area contributed by atoms with Gasteiger partial charge in [-0.1, -0.05) is 12.1 Å². The van der Waals surface area contributed by atoms with Gasteiger partial charge < -0.3 is 19.1 Å². The van der Waals surface area contributed by atoms with Gasteiger partial charge in [0.1, 0.15) is 16.4 Å². The number of nitrogens with one attached hydrogen (secondary N) is 1. The standard InChI is InChI=1S/C23H31N3O5S/c1-25-9-8-18-14-17(4-6-20(18)25)21(26-10-12-31-13-11-26)16-24-32(27,28)23-15-19(29-2)5-7-22(23)30-3/h4-7,14-15,21,24H,8-13,16H2,1-3H3/t21-/m0/s1. The second-order valence-corrected chi connectivity index (χ2v) is 9.83. The normalized spacial score (nSPS) is 17.8. The van der Waals surface area contributed by atoms with E-state index in [-0.39, 0.29) is 23.2 Å². The number of benzene rings is 2. The Labute approximate surface area is 190 Å². The quantitative estimate of drug-likeness (QED) is 0.644. The van der Waals surface area contributed by atoms with E-state index >= 15 is 0 Å². The molecule has 2 aliphatic heterocycles. The predicted octanol–water partition coefficient (Wildman–Crippen LogP) is 2.05. The summed E-state index contributed by atoms with van der Waals surface area (Å²) in [4.78, 5) is 4.60. The van der Waals surface area contributed by atoms with E-state index in [2.05, 4.69) is 39.8 Å². The zero-order valence-electron chi connectivity index (χ0n) is 18.8. The van der Waals surface area contributed by atoms with Gasteiger partial charge in [-0.15, -0.1) is 0 Å². The van der Waals surface area contributed by atoms with E-state index in [0.29, 0.717) is 19.0 Å². The maximum atomic E-state index is 13.2. The number of methoxy groups -OCH3 is 2. The Morgan fingerprint density at radius 1 is 1.06 bits per heavy atom. The summed E-state index contributed by atoms with van der Waals surface area (Å²) in [5, 5.41) is 0. The van der Waals surface area contributed by atoms with E-state index in [1.54, 1.807) is 12.1 Å². The molecule has 0 saturated carbocycles. The Hall–Kier alpha value is -2.33. The second-order valence-electron chi connectivity index (χ2n) is 8.09. The molecule has 0 spiro atoms. The number of sulfonamides is 1. The van der Waals surface area contributed by atoms with Crippen molar-refractivity contribution in [1.82, 2.24) is 9.62 Å². The number of hydrogen-bond donors (Lipinski definition) is 1. The molecule has 0 amide bonds. The van der Waals surface area contributed by atoms with Crippen molar-refractivity contribution in [3.8, 4) is 11.5 Å². The molecule has 1 atom stereocenters. The first kappa shape index (κ1) is 22.8. The second kappa shape index (κ2) is 9.66. The fourth-order valence-electron chi connectivity index (χ4n) is 4.40. The fraction of sp³-hybridized carbons (Fsp3) is 0.478. The van der Waals surface area contributed by atoms with Crippen LogP contribution in [-0.2, 0) is 21.2 Å². The van der Waals surface area contributed by atoms with Crippen molar-refractivity contribution >= 4 is 15.7 Å². The van der Waals surface area contributed by atoms with Crippen molar-refractivity contribution in [1.29, 1.82) is 0 Å². The highest BCUT2D eigenvalue weighted by atomic mass is 32.2. The van der Waals surface area contributed by atoms with Crippen molar-refractivity contribution in [2.45, 2.75) is 17.4 Å². The number of fused-ring (bicyclic) bond motifs is 1. The summed E-state index contributed by atoms with van der Waals surface area (Å²) in [6.45, 7) is 4.04. The number of hydrogen-bond acceptors (Lipinski definition) is 7. The topological polar surface area (TPSA) is 80.3 Å². The van der Waals surface area contributed by atoms with E-state index in [9.17, 15) is 8.42 Å². The maximum Gasteiger partial charge on any atom is 0.244 e. The van der Waals surface area contributed by atoms with Crippen LogP contribution in [-0.4, -0.2) is 74.0 Å². The number of anilines is 1. The highest BCUT2D eigenvalue weighted by molar-refractivity contribution is 7.89. The Kier molecular flexibility index (Phi) is 6.90. The lowest BCUT2D eigenvalue weighted by atomic mass is 10.0. The van der Waals surface area contributed by atoms with Crippen molar-refractivity contribution in [3.63, 3.8) is 0 Å². The van der Waals surface area contributed by atoms with Gasteiger partial charge in [0.05, 0.1) is 27.4 Å². The Bertz CT molecular complexity index is 1050. The van der Waals surface area contributed by atoms with Crippen LogP contribution in [0.15, 0.2) is 41.3 Å². The highest BCUT2D eigenvalue weighted by Gasteiger charge is 2.28. The number of morpholine rings is 1. The van der Waals surface area contributed by atoms with Gasteiger partial charge in [-0.2, -0.15) is 0 Å². The third kappa shape index (κ3) is 4.71. The van der Waals surface area contributed by atoms with Crippen LogP contribution in [0.1, 0.15) is 17.2 Å². The first-order chi connectivity index (χ1) is 15.4. The van der Waals surface area contributed by atoms with Gasteiger partial charge in [-0.25, -0.2) is 13.1 Å². The van der Waals surface area contributed by atoms with Crippen molar-refractivity contribution in [2.75, 3.05) is 65.6 Å². The molecule has 4 rings (SSSR count). The number of ether oxygens (including phenoxy) is 3. The van der Waals surface area contributed by atoms with Gasteiger partial charge in [-0.05, 0) is 35.7 Å². The SMILES string of the molecule is COc1ccc(OC)c(S(=O)(=O)NC[C@@H](c2ccc3c(c2)CCN3C)N2CCOCC2)c1. The summed E-state index contributed by atoms with van der Waals surface area (Å²) in [6.07, 6.45) is 1.00. The molecule has 0 unspecified atom stereocenters. The Morgan fingerprint density at radius 3 is 2.56 bits per heavy atom. The van der Waals surface area contributed by atoms with Crippen molar-refractivity contribution in [3.05, 3.63) is 47.5 Å². The molecule has 1 fully saturated rings. The van der Waals surface area contributed by atoms with Crippen LogP contribution in [0, 0.1) is 0 Å². The van der Waals surface area contributed by atoms with Gasteiger partial charge in [0.15, 0.2) is 0 Å². The van der Waals surface area contributed by atoms with Crippen LogP contribution in [0.3, 0.4) is 0 Å². The van der Waals surface area contributed by atoms with E-state index in [1.807, 2.05) is 0 Å². The molecule has 2 aromatic carbocycles. The molecular weight excluding hydrogens is 430 g/mol. The zero-order chi connectivity index (χ0) is 22.7. The molecule has 1 N–H and O–H groups in total.